The highest BCUT2D eigenvalue weighted by atomic mass is 16.6. The van der Waals surface area contributed by atoms with Gasteiger partial charge in [-0.05, 0) is 36.2 Å². The molecule has 21 heavy (non-hydrogen) atoms. The van der Waals surface area contributed by atoms with Gasteiger partial charge in [0.25, 0.3) is 0 Å². The molecule has 1 aromatic rings. The Bertz CT molecular complexity index is 444. The lowest BCUT2D eigenvalue weighted by Gasteiger charge is -2.36. The van der Waals surface area contributed by atoms with Gasteiger partial charge in [-0.1, -0.05) is 57.5 Å². The maximum absolute atomic E-state index is 12.0. The molecule has 1 saturated carbocycles. The molecule has 0 bridgehead atoms. The van der Waals surface area contributed by atoms with Gasteiger partial charge in [-0.25, -0.2) is 4.79 Å². The van der Waals surface area contributed by atoms with Gasteiger partial charge in [0, 0.05) is 6.54 Å². The molecule has 3 atom stereocenters. The molecule has 116 valence electrons. The van der Waals surface area contributed by atoms with Crippen molar-refractivity contribution in [3.63, 3.8) is 0 Å². The van der Waals surface area contributed by atoms with Crippen LogP contribution < -0.4 is 5.32 Å². The fourth-order valence-corrected chi connectivity index (χ4v) is 3.20. The van der Waals surface area contributed by atoms with E-state index in [1.54, 1.807) is 0 Å². The van der Waals surface area contributed by atoms with Gasteiger partial charge in [-0.3, -0.25) is 0 Å². The number of ether oxygens (including phenoxy) is 1. The summed E-state index contributed by atoms with van der Waals surface area (Å²) in [5, 5.41) is 2.86. The lowest BCUT2D eigenvalue weighted by atomic mass is 9.75. The molecule has 3 heteroatoms. The van der Waals surface area contributed by atoms with Crippen molar-refractivity contribution in [1.29, 1.82) is 0 Å². The predicted octanol–water partition coefficient (Wildman–Crippen LogP) is 4.37. The maximum Gasteiger partial charge on any atom is 0.407 e. The van der Waals surface area contributed by atoms with Crippen molar-refractivity contribution in [1.82, 2.24) is 5.32 Å². The van der Waals surface area contributed by atoms with Crippen molar-refractivity contribution in [3.8, 4) is 0 Å². The molecule has 3 nitrogen and oxygen atoms in total. The number of alkyl carbamates (subject to hydrolysis) is 1. The first kappa shape index (κ1) is 15.9. The van der Waals surface area contributed by atoms with Crippen LogP contribution in [0.4, 0.5) is 4.79 Å². The minimum atomic E-state index is -0.288. The molecule has 0 spiro atoms. The number of amides is 1. The lowest BCUT2D eigenvalue weighted by molar-refractivity contribution is 0.00601. The Labute approximate surface area is 128 Å². The summed E-state index contributed by atoms with van der Waals surface area (Å²) in [5.74, 6) is 1.69. The van der Waals surface area contributed by atoms with Gasteiger partial charge in [-0.2, -0.15) is 0 Å². The van der Waals surface area contributed by atoms with Crippen LogP contribution in [-0.2, 0) is 11.3 Å². The van der Waals surface area contributed by atoms with Crippen molar-refractivity contribution in [2.45, 2.75) is 52.7 Å². The smallest absolute Gasteiger partial charge is 0.407 e. The topological polar surface area (TPSA) is 38.3 Å². The standard InChI is InChI=1S/C18H27NO2/c1-13(2)16-10-9-14(3)11-17(16)21-18(20)19-12-15-7-5-4-6-8-15/h4-8,13-14,16-17H,9-12H2,1-3H3,(H,19,20)/t14-,16+,17-/m0/s1. The number of rotatable bonds is 4. The van der Waals surface area contributed by atoms with Crippen molar-refractivity contribution < 1.29 is 9.53 Å². The molecule has 0 radical (unpaired) electrons. The fraction of sp³-hybridized carbons (Fsp3) is 0.611. The van der Waals surface area contributed by atoms with E-state index in [0.717, 1.165) is 18.4 Å². The van der Waals surface area contributed by atoms with Crippen LogP contribution in [0, 0.1) is 17.8 Å². The molecule has 0 heterocycles. The van der Waals surface area contributed by atoms with Crippen LogP contribution in [0.1, 0.15) is 45.6 Å². The van der Waals surface area contributed by atoms with E-state index in [-0.39, 0.29) is 12.2 Å². The number of carbonyl (C=O) groups is 1. The summed E-state index contributed by atoms with van der Waals surface area (Å²) in [6, 6.07) is 9.91. The van der Waals surface area contributed by atoms with Crippen LogP contribution in [0.25, 0.3) is 0 Å². The summed E-state index contributed by atoms with van der Waals surface area (Å²) >= 11 is 0. The molecular weight excluding hydrogens is 262 g/mol. The van der Waals surface area contributed by atoms with E-state index in [1.165, 1.54) is 6.42 Å². The van der Waals surface area contributed by atoms with Gasteiger partial charge >= 0.3 is 6.09 Å². The van der Waals surface area contributed by atoms with E-state index in [2.05, 4.69) is 26.1 Å². The summed E-state index contributed by atoms with van der Waals surface area (Å²) in [6.07, 6.45) is 3.17. The largest absolute Gasteiger partial charge is 0.446 e. The molecular formula is C18H27NO2. The summed E-state index contributed by atoms with van der Waals surface area (Å²) in [5.41, 5.74) is 1.09. The van der Waals surface area contributed by atoms with E-state index < -0.39 is 0 Å². The molecule has 0 unspecified atom stereocenters. The third-order valence-electron chi connectivity index (χ3n) is 4.50. The first-order valence-electron chi connectivity index (χ1n) is 8.04. The molecule has 0 saturated heterocycles. The first-order chi connectivity index (χ1) is 10.1. The highest BCUT2D eigenvalue weighted by Gasteiger charge is 2.33. The molecule has 1 fully saturated rings. The normalized spacial score (nSPS) is 25.6. The van der Waals surface area contributed by atoms with Crippen molar-refractivity contribution in [2.75, 3.05) is 0 Å². The lowest BCUT2D eigenvalue weighted by Crippen LogP contribution is -2.38. The predicted molar refractivity (Wildman–Crippen MR) is 84.9 cm³/mol. The van der Waals surface area contributed by atoms with Crippen LogP contribution in [0.5, 0.6) is 0 Å². The number of hydrogen-bond acceptors (Lipinski definition) is 2. The van der Waals surface area contributed by atoms with Gasteiger partial charge in [0.15, 0.2) is 0 Å². The van der Waals surface area contributed by atoms with Crippen molar-refractivity contribution in [2.24, 2.45) is 17.8 Å². The Kier molecular flexibility index (Phi) is 5.66. The van der Waals surface area contributed by atoms with Gasteiger partial charge in [0.2, 0.25) is 0 Å². The van der Waals surface area contributed by atoms with Gasteiger partial charge in [-0.15, -0.1) is 0 Å². The summed E-state index contributed by atoms with van der Waals surface area (Å²) in [6.45, 7) is 7.21. The number of carbonyl (C=O) groups excluding carboxylic acids is 1. The number of nitrogens with one attached hydrogen (secondary N) is 1. The monoisotopic (exact) mass is 289 g/mol. The van der Waals surface area contributed by atoms with Crippen LogP contribution >= 0.6 is 0 Å². The van der Waals surface area contributed by atoms with Crippen LogP contribution in [0.15, 0.2) is 30.3 Å². The zero-order chi connectivity index (χ0) is 15.2. The average Bonchev–Trinajstić information content (AvgIpc) is 2.46. The summed E-state index contributed by atoms with van der Waals surface area (Å²) < 4.78 is 5.71. The molecule has 0 aromatic heterocycles. The van der Waals surface area contributed by atoms with Crippen LogP contribution in [-0.4, -0.2) is 12.2 Å². The Morgan fingerprint density at radius 1 is 1.29 bits per heavy atom. The van der Waals surface area contributed by atoms with E-state index in [4.69, 9.17) is 4.74 Å². The van der Waals surface area contributed by atoms with E-state index in [9.17, 15) is 4.79 Å². The highest BCUT2D eigenvalue weighted by Crippen LogP contribution is 2.35. The number of benzene rings is 1. The molecule has 0 aliphatic heterocycles. The van der Waals surface area contributed by atoms with Gasteiger partial charge < -0.3 is 10.1 Å². The van der Waals surface area contributed by atoms with Gasteiger partial charge in [0.1, 0.15) is 6.10 Å². The second-order valence-corrected chi connectivity index (χ2v) is 6.61. The molecule has 1 amide bonds. The van der Waals surface area contributed by atoms with Crippen LogP contribution in [0.3, 0.4) is 0 Å². The minimum Gasteiger partial charge on any atom is -0.446 e. The number of hydrogen-bond donors (Lipinski definition) is 1. The molecule has 1 aromatic carbocycles. The third-order valence-corrected chi connectivity index (χ3v) is 4.50. The third kappa shape index (κ3) is 4.76. The van der Waals surface area contributed by atoms with E-state index >= 15 is 0 Å². The fourth-order valence-electron chi connectivity index (χ4n) is 3.20. The zero-order valence-electron chi connectivity index (χ0n) is 13.3. The minimum absolute atomic E-state index is 0.0597. The van der Waals surface area contributed by atoms with Crippen LogP contribution in [0.2, 0.25) is 0 Å². The van der Waals surface area contributed by atoms with Crippen molar-refractivity contribution in [3.05, 3.63) is 35.9 Å². The summed E-state index contributed by atoms with van der Waals surface area (Å²) in [4.78, 5) is 12.0. The SMILES string of the molecule is CC(C)[C@H]1CC[C@H](C)C[C@@H]1OC(=O)NCc1ccccc1. The first-order valence-corrected chi connectivity index (χ1v) is 8.04. The van der Waals surface area contributed by atoms with E-state index in [0.29, 0.717) is 24.3 Å². The second-order valence-electron chi connectivity index (χ2n) is 6.61. The molecule has 1 aliphatic carbocycles. The zero-order valence-corrected chi connectivity index (χ0v) is 13.3. The quantitative estimate of drug-likeness (QED) is 0.893. The molecule has 1 aliphatic rings. The second kappa shape index (κ2) is 7.48. The Morgan fingerprint density at radius 3 is 2.67 bits per heavy atom. The molecule has 2 rings (SSSR count). The average molecular weight is 289 g/mol. The molecule has 1 N–H and O–H groups in total. The van der Waals surface area contributed by atoms with Gasteiger partial charge in [0.05, 0.1) is 0 Å². The highest BCUT2D eigenvalue weighted by molar-refractivity contribution is 5.67. The Morgan fingerprint density at radius 2 is 2.00 bits per heavy atom. The van der Waals surface area contributed by atoms with Crippen molar-refractivity contribution >= 4 is 6.09 Å². The van der Waals surface area contributed by atoms with E-state index in [1.807, 2.05) is 30.3 Å². The maximum atomic E-state index is 12.0. The Hall–Kier alpha value is -1.51. The summed E-state index contributed by atoms with van der Waals surface area (Å²) in [7, 11) is 0. The Balaban J connectivity index is 1.85.